The summed E-state index contributed by atoms with van der Waals surface area (Å²) < 4.78 is 5.15. The minimum absolute atomic E-state index is 0.220. The number of carboxylic acid groups (broad SMARTS) is 1. The first-order chi connectivity index (χ1) is 11.2. The van der Waals surface area contributed by atoms with E-state index in [2.05, 4.69) is 15.4 Å². The van der Waals surface area contributed by atoms with Crippen molar-refractivity contribution in [1.29, 1.82) is 0 Å². The van der Waals surface area contributed by atoms with Crippen molar-refractivity contribution in [2.45, 2.75) is 26.4 Å². The van der Waals surface area contributed by atoms with E-state index in [1.165, 1.54) is 18.5 Å². The van der Waals surface area contributed by atoms with Crippen LogP contribution < -0.4 is 11.3 Å². The molecule has 2 heterocycles. The number of esters is 1. The molecule has 4 N–H and O–H groups in total. The number of pyridine rings is 2. The number of nitrogen functional groups attached to an aromatic ring is 1. The average Bonchev–Trinajstić information content (AvgIpc) is 2.55. The topological polar surface area (TPSA) is 127 Å². The summed E-state index contributed by atoms with van der Waals surface area (Å²) in [6, 6.07) is 8.00. The SMILES string of the molecule is CC(C)(C)OC(=O)c1cccc(NN)n1.O=C(O)c1cccnc1. The van der Waals surface area contributed by atoms with Crippen molar-refractivity contribution < 1.29 is 19.4 Å². The average molecular weight is 332 g/mol. The van der Waals surface area contributed by atoms with Crippen LogP contribution in [0.4, 0.5) is 5.82 Å². The minimum atomic E-state index is -0.942. The van der Waals surface area contributed by atoms with Crippen LogP contribution >= 0.6 is 0 Å². The molecule has 0 spiro atoms. The van der Waals surface area contributed by atoms with Gasteiger partial charge in [-0.2, -0.15) is 0 Å². The Morgan fingerprint density at radius 3 is 2.38 bits per heavy atom. The number of rotatable bonds is 3. The van der Waals surface area contributed by atoms with Gasteiger partial charge in [-0.3, -0.25) is 4.98 Å². The van der Waals surface area contributed by atoms with Crippen LogP contribution in [0.2, 0.25) is 0 Å². The number of anilines is 1. The van der Waals surface area contributed by atoms with Gasteiger partial charge in [0.2, 0.25) is 0 Å². The van der Waals surface area contributed by atoms with Crippen LogP contribution in [0.1, 0.15) is 41.6 Å². The summed E-state index contributed by atoms with van der Waals surface area (Å²) >= 11 is 0. The maximum absolute atomic E-state index is 11.6. The van der Waals surface area contributed by atoms with Gasteiger partial charge in [0.25, 0.3) is 0 Å². The van der Waals surface area contributed by atoms with Crippen molar-refractivity contribution in [1.82, 2.24) is 9.97 Å². The zero-order valence-electron chi connectivity index (χ0n) is 13.7. The van der Waals surface area contributed by atoms with E-state index in [1.807, 2.05) is 0 Å². The first-order valence-corrected chi connectivity index (χ1v) is 7.03. The quantitative estimate of drug-likeness (QED) is 0.443. The number of carbonyl (C=O) groups excluding carboxylic acids is 1. The van der Waals surface area contributed by atoms with Gasteiger partial charge >= 0.3 is 11.9 Å². The monoisotopic (exact) mass is 332 g/mol. The van der Waals surface area contributed by atoms with Crippen molar-refractivity contribution in [3.05, 3.63) is 54.0 Å². The Morgan fingerprint density at radius 2 is 1.92 bits per heavy atom. The molecule has 128 valence electrons. The summed E-state index contributed by atoms with van der Waals surface area (Å²) in [7, 11) is 0. The molecule has 0 bridgehead atoms. The summed E-state index contributed by atoms with van der Waals surface area (Å²) in [5, 5.41) is 8.34. The third kappa shape index (κ3) is 6.84. The highest BCUT2D eigenvalue weighted by Gasteiger charge is 2.18. The fourth-order valence-corrected chi connectivity index (χ4v) is 1.45. The molecule has 8 nitrogen and oxygen atoms in total. The Labute approximate surface area is 139 Å². The van der Waals surface area contributed by atoms with Gasteiger partial charge in [-0.05, 0) is 45.0 Å². The molecule has 0 saturated heterocycles. The van der Waals surface area contributed by atoms with Crippen LogP contribution in [0.3, 0.4) is 0 Å². The number of hydrazine groups is 1. The molecule has 0 atom stereocenters. The van der Waals surface area contributed by atoms with Gasteiger partial charge in [0.1, 0.15) is 11.4 Å². The van der Waals surface area contributed by atoms with E-state index < -0.39 is 17.5 Å². The third-order valence-electron chi connectivity index (χ3n) is 2.41. The summed E-state index contributed by atoms with van der Waals surface area (Å²) in [4.78, 5) is 29.3. The molecule has 0 aromatic carbocycles. The van der Waals surface area contributed by atoms with Gasteiger partial charge in [0.05, 0.1) is 5.56 Å². The molecule has 0 saturated carbocycles. The van der Waals surface area contributed by atoms with E-state index >= 15 is 0 Å². The third-order valence-corrected chi connectivity index (χ3v) is 2.41. The largest absolute Gasteiger partial charge is 0.478 e. The van der Waals surface area contributed by atoms with Crippen LogP contribution in [0.25, 0.3) is 0 Å². The first-order valence-electron chi connectivity index (χ1n) is 7.03. The number of hydrogen-bond donors (Lipinski definition) is 3. The molecule has 8 heteroatoms. The molecule has 0 fully saturated rings. The standard InChI is InChI=1S/C10H15N3O2.C6H5NO2/c1-10(2,3)15-9(14)7-5-4-6-8(12-7)13-11;8-6(9)5-2-1-3-7-4-5/h4-6H,11H2,1-3H3,(H,12,13);1-4H,(H,8,9). The molecule has 24 heavy (non-hydrogen) atoms. The molecular weight excluding hydrogens is 312 g/mol. The molecule has 0 amide bonds. The van der Waals surface area contributed by atoms with Gasteiger partial charge in [0.15, 0.2) is 5.69 Å². The van der Waals surface area contributed by atoms with Crippen LogP contribution in [-0.4, -0.2) is 32.6 Å². The zero-order chi connectivity index (χ0) is 18.2. The Hall–Kier alpha value is -3.00. The van der Waals surface area contributed by atoms with Gasteiger partial charge in [-0.25, -0.2) is 20.4 Å². The number of aromatic nitrogens is 2. The van der Waals surface area contributed by atoms with Crippen molar-refractivity contribution >= 4 is 17.8 Å². The predicted octanol–water partition coefficient (Wildman–Crippen LogP) is 2.10. The second-order valence-electron chi connectivity index (χ2n) is 5.60. The fourth-order valence-electron chi connectivity index (χ4n) is 1.45. The van der Waals surface area contributed by atoms with Crippen LogP contribution in [-0.2, 0) is 4.74 Å². The summed E-state index contributed by atoms with van der Waals surface area (Å²) in [5.41, 5.74) is 2.30. The second kappa shape index (κ2) is 8.59. The number of ether oxygens (including phenoxy) is 1. The molecule has 0 radical (unpaired) electrons. The lowest BCUT2D eigenvalue weighted by Gasteiger charge is -2.19. The van der Waals surface area contributed by atoms with E-state index in [1.54, 1.807) is 45.0 Å². The summed E-state index contributed by atoms with van der Waals surface area (Å²) in [6.45, 7) is 5.40. The van der Waals surface area contributed by atoms with Crippen LogP contribution in [0, 0.1) is 0 Å². The molecule has 0 aliphatic carbocycles. The number of nitrogens with two attached hydrogens (primary N) is 1. The lowest BCUT2D eigenvalue weighted by atomic mass is 10.2. The number of carboxylic acids is 1. The summed E-state index contributed by atoms with van der Waals surface area (Å²) in [5.74, 6) is 4.21. The lowest BCUT2D eigenvalue weighted by molar-refractivity contribution is 0.00628. The Balaban J connectivity index is 0.000000272. The Bertz CT molecular complexity index is 684. The van der Waals surface area contributed by atoms with E-state index in [-0.39, 0.29) is 11.3 Å². The van der Waals surface area contributed by atoms with Gasteiger partial charge in [-0.1, -0.05) is 6.07 Å². The van der Waals surface area contributed by atoms with Gasteiger partial charge in [0, 0.05) is 12.4 Å². The van der Waals surface area contributed by atoms with Gasteiger partial charge < -0.3 is 15.3 Å². The molecule has 0 aliphatic heterocycles. The number of hydrogen-bond acceptors (Lipinski definition) is 7. The maximum atomic E-state index is 11.6. The van der Waals surface area contributed by atoms with Crippen LogP contribution in [0.5, 0.6) is 0 Å². The fraction of sp³-hybridized carbons (Fsp3) is 0.250. The molecule has 0 unspecified atom stereocenters. The normalized spacial score (nSPS) is 10.2. The van der Waals surface area contributed by atoms with E-state index in [4.69, 9.17) is 15.7 Å². The predicted molar refractivity (Wildman–Crippen MR) is 88.4 cm³/mol. The highest BCUT2D eigenvalue weighted by molar-refractivity contribution is 5.88. The maximum Gasteiger partial charge on any atom is 0.357 e. The van der Waals surface area contributed by atoms with Crippen molar-refractivity contribution in [2.75, 3.05) is 5.43 Å². The van der Waals surface area contributed by atoms with Gasteiger partial charge in [-0.15, -0.1) is 0 Å². The minimum Gasteiger partial charge on any atom is -0.478 e. The van der Waals surface area contributed by atoms with Crippen molar-refractivity contribution in [3.63, 3.8) is 0 Å². The van der Waals surface area contributed by atoms with Crippen LogP contribution in [0.15, 0.2) is 42.7 Å². The zero-order valence-corrected chi connectivity index (χ0v) is 13.7. The van der Waals surface area contributed by atoms with E-state index in [9.17, 15) is 9.59 Å². The first kappa shape index (κ1) is 19.0. The highest BCUT2D eigenvalue weighted by atomic mass is 16.6. The lowest BCUT2D eigenvalue weighted by Crippen LogP contribution is -2.24. The molecule has 2 aromatic heterocycles. The van der Waals surface area contributed by atoms with E-state index in [0.29, 0.717) is 5.82 Å². The Morgan fingerprint density at radius 1 is 1.21 bits per heavy atom. The van der Waals surface area contributed by atoms with Crippen molar-refractivity contribution in [3.8, 4) is 0 Å². The van der Waals surface area contributed by atoms with E-state index in [0.717, 1.165) is 0 Å². The number of nitrogens with one attached hydrogen (secondary N) is 1. The molecular formula is C16H20N4O4. The Kier molecular flexibility index (Phi) is 6.81. The number of nitrogens with zero attached hydrogens (tertiary/aromatic N) is 2. The second-order valence-corrected chi connectivity index (χ2v) is 5.60. The highest BCUT2D eigenvalue weighted by Crippen LogP contribution is 2.11. The number of carbonyl (C=O) groups is 2. The smallest absolute Gasteiger partial charge is 0.357 e. The van der Waals surface area contributed by atoms with Crippen molar-refractivity contribution in [2.24, 2.45) is 5.84 Å². The number of aromatic carboxylic acids is 1. The molecule has 2 rings (SSSR count). The molecule has 0 aliphatic rings. The summed E-state index contributed by atoms with van der Waals surface area (Å²) in [6.07, 6.45) is 2.84. The molecule has 2 aromatic rings.